The van der Waals surface area contributed by atoms with Gasteiger partial charge in [0.05, 0.1) is 23.1 Å². The fraction of sp³-hybridized carbons (Fsp3) is 0.714. The van der Waals surface area contributed by atoms with Gasteiger partial charge in [-0.05, 0) is 32.6 Å². The van der Waals surface area contributed by atoms with E-state index in [1.165, 1.54) is 12.8 Å². The third-order valence-corrected chi connectivity index (χ3v) is 4.92. The first-order valence-electron chi connectivity index (χ1n) is 7.10. The summed E-state index contributed by atoms with van der Waals surface area (Å²) in [5.74, 6) is 1.42. The average molecular weight is 314 g/mol. The van der Waals surface area contributed by atoms with E-state index < -0.39 is 0 Å². The molecule has 1 fully saturated rings. The van der Waals surface area contributed by atoms with Crippen molar-refractivity contribution in [3.05, 3.63) is 16.6 Å². The highest BCUT2D eigenvalue weighted by Gasteiger charge is 2.17. The first-order chi connectivity index (χ1) is 9.74. The Balaban J connectivity index is 1.53. The second-order valence-electron chi connectivity index (χ2n) is 5.15. The van der Waals surface area contributed by atoms with Crippen molar-refractivity contribution in [1.29, 1.82) is 0 Å². The molecule has 1 aromatic heterocycles. The Morgan fingerprint density at radius 1 is 1.70 bits per heavy atom. The number of aromatic nitrogens is 1. The Bertz CT molecular complexity index is 392. The SMILES string of the molecule is C[C@H](CC[C@@H]1CCCO1)NC(=O)CSCc1cscn1. The van der Waals surface area contributed by atoms with E-state index in [-0.39, 0.29) is 11.9 Å². The minimum Gasteiger partial charge on any atom is -0.378 e. The maximum Gasteiger partial charge on any atom is 0.230 e. The van der Waals surface area contributed by atoms with E-state index >= 15 is 0 Å². The van der Waals surface area contributed by atoms with Crippen molar-refractivity contribution >= 4 is 29.0 Å². The number of thioether (sulfide) groups is 1. The Hall–Kier alpha value is -0.590. The standard InChI is InChI=1S/C14H22N2O2S2/c1-11(4-5-13-3-2-6-18-13)16-14(17)9-19-7-12-8-20-10-15-12/h8,10-11,13H,2-7,9H2,1H3,(H,16,17)/t11-,13+/m1/s1. The van der Waals surface area contributed by atoms with Crippen LogP contribution in [-0.2, 0) is 15.3 Å². The van der Waals surface area contributed by atoms with Crippen LogP contribution >= 0.6 is 23.1 Å². The van der Waals surface area contributed by atoms with Crippen molar-refractivity contribution in [2.75, 3.05) is 12.4 Å². The van der Waals surface area contributed by atoms with Crippen LogP contribution < -0.4 is 5.32 Å². The number of thiazole rings is 1. The molecule has 1 aliphatic heterocycles. The smallest absolute Gasteiger partial charge is 0.230 e. The third kappa shape index (κ3) is 5.81. The van der Waals surface area contributed by atoms with Gasteiger partial charge in [-0.1, -0.05) is 0 Å². The first-order valence-corrected chi connectivity index (χ1v) is 9.19. The van der Waals surface area contributed by atoms with Crippen LogP contribution in [0.4, 0.5) is 0 Å². The fourth-order valence-electron chi connectivity index (χ4n) is 2.25. The Kier molecular flexibility index (Phi) is 6.82. The average Bonchev–Trinajstić information content (AvgIpc) is 3.09. The molecule has 1 N–H and O–H groups in total. The molecule has 0 aromatic carbocycles. The van der Waals surface area contributed by atoms with Gasteiger partial charge in [-0.15, -0.1) is 23.1 Å². The topological polar surface area (TPSA) is 51.2 Å². The maximum absolute atomic E-state index is 11.8. The molecule has 0 bridgehead atoms. The molecular formula is C14H22N2O2S2. The summed E-state index contributed by atoms with van der Waals surface area (Å²) in [5, 5.41) is 5.07. The lowest BCUT2D eigenvalue weighted by Crippen LogP contribution is -2.34. The summed E-state index contributed by atoms with van der Waals surface area (Å²) in [4.78, 5) is 16.0. The van der Waals surface area contributed by atoms with Gasteiger partial charge in [0.25, 0.3) is 0 Å². The highest BCUT2D eigenvalue weighted by molar-refractivity contribution is 7.99. The van der Waals surface area contributed by atoms with Crippen LogP contribution in [0.3, 0.4) is 0 Å². The molecule has 1 saturated heterocycles. The molecule has 0 spiro atoms. The molecule has 2 heterocycles. The van der Waals surface area contributed by atoms with Crippen molar-refractivity contribution in [2.45, 2.75) is 50.5 Å². The molecule has 20 heavy (non-hydrogen) atoms. The minimum atomic E-state index is 0.116. The summed E-state index contributed by atoms with van der Waals surface area (Å²) in [6.07, 6.45) is 4.80. The second-order valence-corrected chi connectivity index (χ2v) is 6.86. The summed E-state index contributed by atoms with van der Waals surface area (Å²) >= 11 is 3.20. The number of nitrogens with one attached hydrogen (secondary N) is 1. The lowest BCUT2D eigenvalue weighted by atomic mass is 10.1. The second kappa shape index (κ2) is 8.64. The molecular weight excluding hydrogens is 292 g/mol. The van der Waals surface area contributed by atoms with E-state index in [2.05, 4.69) is 17.2 Å². The lowest BCUT2D eigenvalue weighted by Gasteiger charge is -2.16. The van der Waals surface area contributed by atoms with Crippen LogP contribution in [-0.4, -0.2) is 35.4 Å². The van der Waals surface area contributed by atoms with Gasteiger partial charge in [0.15, 0.2) is 0 Å². The monoisotopic (exact) mass is 314 g/mol. The van der Waals surface area contributed by atoms with Crippen LogP contribution in [0, 0.1) is 0 Å². The van der Waals surface area contributed by atoms with E-state index in [0.29, 0.717) is 11.9 Å². The van der Waals surface area contributed by atoms with Crippen LogP contribution in [0.2, 0.25) is 0 Å². The van der Waals surface area contributed by atoms with Crippen molar-refractivity contribution in [3.8, 4) is 0 Å². The number of hydrogen-bond acceptors (Lipinski definition) is 5. The zero-order valence-corrected chi connectivity index (χ0v) is 13.5. The van der Waals surface area contributed by atoms with Crippen LogP contribution in [0.1, 0.15) is 38.3 Å². The largest absolute Gasteiger partial charge is 0.378 e. The summed E-state index contributed by atoms with van der Waals surface area (Å²) < 4.78 is 5.59. The van der Waals surface area contributed by atoms with Crippen LogP contribution in [0.5, 0.6) is 0 Å². The van der Waals surface area contributed by atoms with Gasteiger partial charge in [0.2, 0.25) is 5.91 Å². The number of nitrogens with zero attached hydrogens (tertiary/aromatic N) is 1. The highest BCUT2D eigenvalue weighted by Crippen LogP contribution is 2.17. The van der Waals surface area contributed by atoms with Crippen molar-refractivity contribution in [1.82, 2.24) is 10.3 Å². The Morgan fingerprint density at radius 2 is 2.60 bits per heavy atom. The normalized spacial score (nSPS) is 19.9. The van der Waals surface area contributed by atoms with E-state index in [1.54, 1.807) is 23.1 Å². The lowest BCUT2D eigenvalue weighted by molar-refractivity contribution is -0.119. The van der Waals surface area contributed by atoms with E-state index in [9.17, 15) is 4.79 Å². The van der Waals surface area contributed by atoms with Gasteiger partial charge >= 0.3 is 0 Å². The number of hydrogen-bond donors (Lipinski definition) is 1. The molecule has 0 aliphatic carbocycles. The van der Waals surface area contributed by atoms with Crippen LogP contribution in [0.25, 0.3) is 0 Å². The van der Waals surface area contributed by atoms with E-state index in [4.69, 9.17) is 4.74 Å². The Morgan fingerprint density at radius 3 is 3.30 bits per heavy atom. The predicted octanol–water partition coefficient (Wildman–Crippen LogP) is 2.84. The highest BCUT2D eigenvalue weighted by atomic mass is 32.2. The molecule has 1 amide bonds. The molecule has 112 valence electrons. The van der Waals surface area contributed by atoms with Gasteiger partial charge in [-0.25, -0.2) is 4.98 Å². The number of carbonyl (C=O) groups excluding carboxylic acids is 1. The number of rotatable bonds is 8. The van der Waals surface area contributed by atoms with Crippen molar-refractivity contribution in [3.63, 3.8) is 0 Å². The van der Waals surface area contributed by atoms with Gasteiger partial charge < -0.3 is 10.1 Å². The van der Waals surface area contributed by atoms with Gasteiger partial charge in [0, 0.05) is 23.8 Å². The quantitative estimate of drug-likeness (QED) is 0.801. The molecule has 0 saturated carbocycles. The van der Waals surface area contributed by atoms with E-state index in [1.807, 2.05) is 10.9 Å². The van der Waals surface area contributed by atoms with Crippen molar-refractivity contribution in [2.24, 2.45) is 0 Å². The molecule has 4 nitrogen and oxygen atoms in total. The van der Waals surface area contributed by atoms with E-state index in [0.717, 1.165) is 30.9 Å². The molecule has 0 radical (unpaired) electrons. The molecule has 0 unspecified atom stereocenters. The molecule has 6 heteroatoms. The fourth-order valence-corrected chi connectivity index (χ4v) is 3.66. The zero-order chi connectivity index (χ0) is 14.2. The number of carbonyl (C=O) groups is 1. The summed E-state index contributed by atoms with van der Waals surface area (Å²) in [6, 6.07) is 0.228. The van der Waals surface area contributed by atoms with Crippen LogP contribution in [0.15, 0.2) is 10.9 Å². The molecule has 1 aromatic rings. The van der Waals surface area contributed by atoms with Gasteiger partial charge in [-0.3, -0.25) is 4.79 Å². The number of ether oxygens (including phenoxy) is 1. The summed E-state index contributed by atoms with van der Waals surface area (Å²) in [7, 11) is 0. The third-order valence-electron chi connectivity index (χ3n) is 3.32. The Labute approximate surface area is 128 Å². The molecule has 1 aliphatic rings. The van der Waals surface area contributed by atoms with Crippen molar-refractivity contribution < 1.29 is 9.53 Å². The summed E-state index contributed by atoms with van der Waals surface area (Å²) in [5.41, 5.74) is 2.88. The maximum atomic E-state index is 11.8. The molecule has 2 rings (SSSR count). The predicted molar refractivity (Wildman–Crippen MR) is 84.1 cm³/mol. The first kappa shape index (κ1) is 15.8. The zero-order valence-electron chi connectivity index (χ0n) is 11.8. The molecule has 2 atom stereocenters. The minimum absolute atomic E-state index is 0.116. The van der Waals surface area contributed by atoms with Gasteiger partial charge in [0.1, 0.15) is 0 Å². The van der Waals surface area contributed by atoms with Gasteiger partial charge in [-0.2, -0.15) is 0 Å². The number of amides is 1. The summed E-state index contributed by atoms with van der Waals surface area (Å²) in [6.45, 7) is 2.97.